The molecule has 2 aromatic carbocycles. The molecule has 0 saturated carbocycles. The lowest BCUT2D eigenvalue weighted by atomic mass is 10.1. The number of rotatable bonds is 4. The molecular formula is C21H20N4O3S. The number of amidine groups is 1. The van der Waals surface area contributed by atoms with Gasteiger partial charge >= 0.3 is 0 Å². The molecule has 0 aromatic heterocycles. The van der Waals surface area contributed by atoms with E-state index in [-0.39, 0.29) is 12.7 Å². The van der Waals surface area contributed by atoms with Crippen molar-refractivity contribution < 1.29 is 14.3 Å². The first-order valence-electron chi connectivity index (χ1n) is 9.55. The van der Waals surface area contributed by atoms with Crippen LogP contribution in [-0.2, 0) is 11.3 Å². The van der Waals surface area contributed by atoms with Crippen molar-refractivity contribution in [1.29, 1.82) is 0 Å². The van der Waals surface area contributed by atoms with E-state index in [1.165, 1.54) is 0 Å². The molecule has 0 atom stereocenters. The summed E-state index contributed by atoms with van der Waals surface area (Å²) in [5.74, 6) is 2.50. The van der Waals surface area contributed by atoms with Gasteiger partial charge in [-0.1, -0.05) is 30.0 Å². The maximum Gasteiger partial charge on any atom is 0.231 e. The van der Waals surface area contributed by atoms with Crippen LogP contribution in [0.2, 0.25) is 0 Å². The quantitative estimate of drug-likeness (QED) is 0.841. The third-order valence-corrected chi connectivity index (χ3v) is 5.97. The van der Waals surface area contributed by atoms with Gasteiger partial charge in [0.2, 0.25) is 12.7 Å². The van der Waals surface area contributed by atoms with E-state index in [1.807, 2.05) is 47.4 Å². The number of hydrogen-bond donors (Lipinski definition) is 1. The van der Waals surface area contributed by atoms with Crippen LogP contribution in [0.5, 0.6) is 11.5 Å². The van der Waals surface area contributed by atoms with E-state index in [0.717, 1.165) is 57.9 Å². The Bertz CT molecular complexity index is 1000. The third-order valence-electron chi connectivity index (χ3n) is 5.06. The van der Waals surface area contributed by atoms with Crippen LogP contribution in [-0.4, -0.2) is 35.9 Å². The molecule has 5 rings (SSSR count). The van der Waals surface area contributed by atoms with Gasteiger partial charge in [-0.2, -0.15) is 5.10 Å². The molecule has 0 unspecified atom stereocenters. The number of hydrogen-bond acceptors (Lipinski definition) is 6. The Balaban J connectivity index is 1.22. The van der Waals surface area contributed by atoms with Gasteiger partial charge in [0, 0.05) is 24.4 Å². The summed E-state index contributed by atoms with van der Waals surface area (Å²) >= 11 is 1.63. The highest BCUT2D eigenvalue weighted by atomic mass is 32.2. The zero-order chi connectivity index (χ0) is 19.6. The fourth-order valence-electron chi connectivity index (χ4n) is 3.50. The smallest absolute Gasteiger partial charge is 0.231 e. The second-order valence-corrected chi connectivity index (χ2v) is 7.93. The molecule has 148 valence electrons. The molecule has 29 heavy (non-hydrogen) atoms. The lowest BCUT2D eigenvalue weighted by Gasteiger charge is -2.18. The molecule has 1 saturated heterocycles. The second kappa shape index (κ2) is 7.79. The van der Waals surface area contributed by atoms with E-state index in [1.54, 1.807) is 11.8 Å². The van der Waals surface area contributed by atoms with Crippen LogP contribution in [0, 0.1) is 0 Å². The molecule has 2 aromatic rings. The number of nitrogens with one attached hydrogen (secondary N) is 1. The summed E-state index contributed by atoms with van der Waals surface area (Å²) in [6.45, 7) is 1.63. The lowest BCUT2D eigenvalue weighted by molar-refractivity contribution is -0.117. The minimum Gasteiger partial charge on any atom is -0.454 e. The molecule has 1 N–H and O–H groups in total. The van der Waals surface area contributed by atoms with E-state index < -0.39 is 0 Å². The molecule has 8 heteroatoms. The van der Waals surface area contributed by atoms with E-state index in [2.05, 4.69) is 15.5 Å². The molecule has 0 aliphatic carbocycles. The monoisotopic (exact) mass is 408 g/mol. The number of hydrazone groups is 1. The number of carbonyl (C=O) groups excluding carboxylic acids is 1. The molecule has 3 aliphatic rings. The number of carbonyl (C=O) groups is 1. The second-order valence-electron chi connectivity index (χ2n) is 6.96. The van der Waals surface area contributed by atoms with Crippen LogP contribution in [0.15, 0.2) is 52.6 Å². The minimum atomic E-state index is 0.202. The molecular weight excluding hydrogens is 388 g/mol. The summed E-state index contributed by atoms with van der Waals surface area (Å²) < 4.78 is 10.7. The Hall–Kier alpha value is -3.00. The van der Waals surface area contributed by atoms with Crippen molar-refractivity contribution in [2.45, 2.75) is 19.4 Å². The Morgan fingerprint density at radius 1 is 1.14 bits per heavy atom. The van der Waals surface area contributed by atoms with Gasteiger partial charge in [-0.05, 0) is 41.8 Å². The van der Waals surface area contributed by atoms with Gasteiger partial charge in [0.1, 0.15) is 0 Å². The first-order chi connectivity index (χ1) is 14.3. The van der Waals surface area contributed by atoms with Gasteiger partial charge in [-0.25, -0.2) is 0 Å². The van der Waals surface area contributed by atoms with Crippen LogP contribution < -0.4 is 19.8 Å². The predicted octanol–water partition coefficient (Wildman–Crippen LogP) is 3.14. The molecule has 7 nitrogen and oxygen atoms in total. The van der Waals surface area contributed by atoms with Crippen molar-refractivity contribution in [3.8, 4) is 11.5 Å². The fourth-order valence-corrected chi connectivity index (χ4v) is 4.27. The van der Waals surface area contributed by atoms with Gasteiger partial charge in [-0.15, -0.1) is 0 Å². The number of aliphatic imine (C=N–C) groups is 1. The zero-order valence-electron chi connectivity index (χ0n) is 15.8. The normalized spacial score (nSPS) is 19.4. The molecule has 0 bridgehead atoms. The van der Waals surface area contributed by atoms with Gasteiger partial charge in [0.05, 0.1) is 12.3 Å². The maximum atomic E-state index is 11.9. The van der Waals surface area contributed by atoms with Crippen LogP contribution >= 0.6 is 11.8 Å². The molecule has 1 amide bonds. The third kappa shape index (κ3) is 3.80. The predicted molar refractivity (Wildman–Crippen MR) is 114 cm³/mol. The summed E-state index contributed by atoms with van der Waals surface area (Å²) in [5, 5.41) is 5.28. The molecule has 0 radical (unpaired) electrons. The maximum absolute atomic E-state index is 11.9. The largest absolute Gasteiger partial charge is 0.454 e. The fraction of sp³-hybridized carbons (Fsp3) is 0.286. The van der Waals surface area contributed by atoms with E-state index in [4.69, 9.17) is 9.47 Å². The van der Waals surface area contributed by atoms with Crippen LogP contribution in [0.3, 0.4) is 0 Å². The molecule has 1 fully saturated rings. The summed E-state index contributed by atoms with van der Waals surface area (Å²) in [6.07, 6.45) is 1.58. The number of amides is 1. The van der Waals surface area contributed by atoms with Crippen molar-refractivity contribution in [1.82, 2.24) is 5.43 Å². The number of benzene rings is 2. The van der Waals surface area contributed by atoms with Crippen LogP contribution in [0.4, 0.5) is 5.69 Å². The van der Waals surface area contributed by atoms with Gasteiger partial charge < -0.3 is 14.4 Å². The zero-order valence-corrected chi connectivity index (χ0v) is 16.6. The first kappa shape index (κ1) is 18.1. The Morgan fingerprint density at radius 3 is 2.76 bits per heavy atom. The topological polar surface area (TPSA) is 75.5 Å². The Labute approximate surface area is 172 Å². The van der Waals surface area contributed by atoms with Gasteiger partial charge in [0.15, 0.2) is 16.7 Å². The van der Waals surface area contributed by atoms with Crippen molar-refractivity contribution in [2.24, 2.45) is 10.1 Å². The van der Waals surface area contributed by atoms with E-state index in [9.17, 15) is 4.79 Å². The highest BCUT2D eigenvalue weighted by Gasteiger charge is 2.22. The number of nitrogens with zero attached hydrogens (tertiary/aromatic N) is 3. The molecule has 3 heterocycles. The number of fused-ring (bicyclic) bond motifs is 1. The SMILES string of the molecule is O=C1CCCN1c1ccc(C2=NNC(=NCc3ccc4c(c3)OCO4)SC2)cc1. The van der Waals surface area contributed by atoms with Crippen molar-refractivity contribution in [3.05, 3.63) is 53.6 Å². The van der Waals surface area contributed by atoms with Gasteiger partial charge in [0.25, 0.3) is 0 Å². The standard InChI is InChI=1S/C21H20N4O3S/c26-20-2-1-9-25(20)16-6-4-15(5-7-16)17-12-29-21(24-23-17)22-11-14-3-8-18-19(10-14)28-13-27-18/h3-8,10H,1-2,9,11-13H2,(H,22,24). The Kier molecular flexibility index (Phi) is 4.85. The first-order valence-corrected chi connectivity index (χ1v) is 10.5. The van der Waals surface area contributed by atoms with Crippen LogP contribution in [0.25, 0.3) is 0 Å². The average molecular weight is 408 g/mol. The minimum absolute atomic E-state index is 0.202. The highest BCUT2D eigenvalue weighted by Crippen LogP contribution is 2.32. The number of thioether (sulfide) groups is 1. The summed E-state index contributed by atoms with van der Waals surface area (Å²) in [4.78, 5) is 18.3. The lowest BCUT2D eigenvalue weighted by Crippen LogP contribution is -2.26. The molecule has 0 spiro atoms. The van der Waals surface area contributed by atoms with Crippen LogP contribution in [0.1, 0.15) is 24.0 Å². The average Bonchev–Trinajstić information content (AvgIpc) is 3.41. The summed E-state index contributed by atoms with van der Waals surface area (Å²) in [5.41, 5.74) is 7.09. The van der Waals surface area contributed by atoms with E-state index >= 15 is 0 Å². The van der Waals surface area contributed by atoms with Crippen molar-refractivity contribution >= 4 is 34.2 Å². The van der Waals surface area contributed by atoms with E-state index in [0.29, 0.717) is 13.0 Å². The Morgan fingerprint density at radius 2 is 2.00 bits per heavy atom. The number of ether oxygens (including phenoxy) is 2. The molecule has 3 aliphatic heterocycles. The summed E-state index contributed by atoms with van der Waals surface area (Å²) in [6, 6.07) is 13.9. The van der Waals surface area contributed by atoms with Crippen molar-refractivity contribution in [3.63, 3.8) is 0 Å². The number of anilines is 1. The van der Waals surface area contributed by atoms with Crippen molar-refractivity contribution in [2.75, 3.05) is 24.0 Å². The van der Waals surface area contributed by atoms with Gasteiger partial charge in [-0.3, -0.25) is 15.2 Å². The highest BCUT2D eigenvalue weighted by molar-refractivity contribution is 8.14. The summed E-state index contributed by atoms with van der Waals surface area (Å²) in [7, 11) is 0.